The van der Waals surface area contributed by atoms with Crippen molar-refractivity contribution in [3.8, 4) is 0 Å². The van der Waals surface area contributed by atoms with Gasteiger partial charge in [-0.25, -0.2) is 4.39 Å². The Hall–Kier alpha value is -2.95. The Morgan fingerprint density at radius 3 is 2.67 bits per heavy atom. The van der Waals surface area contributed by atoms with E-state index in [9.17, 15) is 14.0 Å². The second-order valence-electron chi connectivity index (χ2n) is 5.57. The molecule has 2 amide bonds. The van der Waals surface area contributed by atoms with E-state index in [1.54, 1.807) is 41.3 Å². The van der Waals surface area contributed by atoms with Gasteiger partial charge in [0.15, 0.2) is 0 Å². The highest BCUT2D eigenvalue weighted by Gasteiger charge is 2.21. The summed E-state index contributed by atoms with van der Waals surface area (Å²) in [6.07, 6.45) is 4.43. The van der Waals surface area contributed by atoms with Crippen LogP contribution in [0.3, 0.4) is 0 Å². The number of rotatable bonds is 4. The first kappa shape index (κ1) is 15.9. The number of carbonyl (C=O) groups excluding carboxylic acids is 2. The van der Waals surface area contributed by atoms with Crippen molar-refractivity contribution in [2.45, 2.75) is 12.8 Å². The second kappa shape index (κ2) is 7.08. The first-order valence-electron chi connectivity index (χ1n) is 7.77. The van der Waals surface area contributed by atoms with E-state index in [1.165, 1.54) is 18.2 Å². The maximum atomic E-state index is 12.8. The van der Waals surface area contributed by atoms with Crippen molar-refractivity contribution in [1.82, 2.24) is 0 Å². The van der Waals surface area contributed by atoms with Gasteiger partial charge in [0.25, 0.3) is 0 Å². The van der Waals surface area contributed by atoms with Gasteiger partial charge < -0.3 is 10.2 Å². The normalized spacial score (nSPS) is 14.4. The van der Waals surface area contributed by atoms with Gasteiger partial charge in [-0.15, -0.1) is 0 Å². The first-order valence-corrected chi connectivity index (χ1v) is 7.77. The Morgan fingerprint density at radius 2 is 1.96 bits per heavy atom. The van der Waals surface area contributed by atoms with Crippen molar-refractivity contribution in [3.05, 3.63) is 66.0 Å². The average molecular weight is 324 g/mol. The fourth-order valence-electron chi connectivity index (χ4n) is 2.60. The topological polar surface area (TPSA) is 49.4 Å². The lowest BCUT2D eigenvalue weighted by Crippen LogP contribution is -2.23. The molecule has 0 atom stereocenters. The van der Waals surface area contributed by atoms with Gasteiger partial charge in [0.05, 0.1) is 0 Å². The molecule has 0 unspecified atom stereocenters. The third kappa shape index (κ3) is 3.87. The Morgan fingerprint density at radius 1 is 1.17 bits per heavy atom. The van der Waals surface area contributed by atoms with Crippen molar-refractivity contribution >= 4 is 29.3 Å². The highest BCUT2D eigenvalue weighted by atomic mass is 19.1. The van der Waals surface area contributed by atoms with Gasteiger partial charge in [-0.2, -0.15) is 0 Å². The van der Waals surface area contributed by atoms with Crippen LogP contribution in [-0.4, -0.2) is 18.4 Å². The van der Waals surface area contributed by atoms with Crippen LogP contribution in [0.4, 0.5) is 15.8 Å². The number of amides is 2. The third-order valence-corrected chi connectivity index (χ3v) is 3.80. The van der Waals surface area contributed by atoms with Gasteiger partial charge in [-0.05, 0) is 48.4 Å². The predicted molar refractivity (Wildman–Crippen MR) is 92.1 cm³/mol. The van der Waals surface area contributed by atoms with E-state index >= 15 is 0 Å². The van der Waals surface area contributed by atoms with E-state index < -0.39 is 0 Å². The summed E-state index contributed by atoms with van der Waals surface area (Å²) in [5.74, 6) is -0.496. The SMILES string of the molecule is O=C(/C=C/c1ccc(F)cc1)Nc1cccc(N2CCCC2=O)c1. The monoisotopic (exact) mass is 324 g/mol. The number of halogens is 1. The minimum absolute atomic E-state index is 0.106. The Balaban J connectivity index is 1.66. The molecule has 2 aromatic carbocycles. The summed E-state index contributed by atoms with van der Waals surface area (Å²) < 4.78 is 12.8. The summed E-state index contributed by atoms with van der Waals surface area (Å²) in [4.78, 5) is 25.5. The van der Waals surface area contributed by atoms with Crippen LogP contribution in [0.15, 0.2) is 54.6 Å². The molecule has 1 heterocycles. The number of nitrogens with zero attached hydrogens (tertiary/aromatic N) is 1. The van der Waals surface area contributed by atoms with Crippen molar-refractivity contribution in [2.75, 3.05) is 16.8 Å². The van der Waals surface area contributed by atoms with Crippen molar-refractivity contribution in [3.63, 3.8) is 0 Å². The number of nitrogens with one attached hydrogen (secondary N) is 1. The number of carbonyl (C=O) groups is 2. The largest absolute Gasteiger partial charge is 0.322 e. The quantitative estimate of drug-likeness (QED) is 0.874. The minimum Gasteiger partial charge on any atom is -0.322 e. The summed E-state index contributed by atoms with van der Waals surface area (Å²) in [5.41, 5.74) is 2.15. The fraction of sp³-hybridized carbons (Fsp3) is 0.158. The molecule has 0 radical (unpaired) electrons. The Kier molecular flexibility index (Phi) is 4.70. The van der Waals surface area contributed by atoms with Gasteiger partial charge in [-0.1, -0.05) is 18.2 Å². The molecule has 0 saturated carbocycles. The molecule has 2 aromatic rings. The minimum atomic E-state index is -0.315. The highest BCUT2D eigenvalue weighted by Crippen LogP contribution is 2.24. The molecular formula is C19H17FN2O2. The van der Waals surface area contributed by atoms with Gasteiger partial charge in [0, 0.05) is 30.4 Å². The molecular weight excluding hydrogens is 307 g/mol. The average Bonchev–Trinajstić information content (AvgIpc) is 3.01. The van der Waals surface area contributed by atoms with E-state index in [2.05, 4.69) is 5.32 Å². The predicted octanol–water partition coefficient (Wildman–Crippen LogP) is 3.60. The summed E-state index contributed by atoms with van der Waals surface area (Å²) in [6, 6.07) is 13.1. The van der Waals surface area contributed by atoms with Crippen LogP contribution in [0.1, 0.15) is 18.4 Å². The van der Waals surface area contributed by atoms with Crippen LogP contribution in [0.5, 0.6) is 0 Å². The van der Waals surface area contributed by atoms with Crippen molar-refractivity contribution in [1.29, 1.82) is 0 Å². The van der Waals surface area contributed by atoms with Gasteiger partial charge in [-0.3, -0.25) is 9.59 Å². The smallest absolute Gasteiger partial charge is 0.248 e. The lowest BCUT2D eigenvalue weighted by atomic mass is 10.2. The van der Waals surface area contributed by atoms with Crippen LogP contribution < -0.4 is 10.2 Å². The maximum absolute atomic E-state index is 12.8. The molecule has 4 nitrogen and oxygen atoms in total. The molecule has 0 bridgehead atoms. The second-order valence-corrected chi connectivity index (χ2v) is 5.57. The number of anilines is 2. The van der Waals surface area contributed by atoms with Gasteiger partial charge in [0.1, 0.15) is 5.82 Å². The number of benzene rings is 2. The third-order valence-electron chi connectivity index (χ3n) is 3.80. The zero-order valence-electron chi connectivity index (χ0n) is 13.0. The number of hydrogen-bond acceptors (Lipinski definition) is 2. The fourth-order valence-corrected chi connectivity index (χ4v) is 2.60. The van der Waals surface area contributed by atoms with Crippen LogP contribution in [-0.2, 0) is 9.59 Å². The van der Waals surface area contributed by atoms with Crippen molar-refractivity contribution in [2.24, 2.45) is 0 Å². The molecule has 1 N–H and O–H groups in total. The van der Waals surface area contributed by atoms with Crippen LogP contribution in [0.25, 0.3) is 6.08 Å². The molecule has 0 spiro atoms. The Bertz CT molecular complexity index is 784. The van der Waals surface area contributed by atoms with Crippen molar-refractivity contribution < 1.29 is 14.0 Å². The van der Waals surface area contributed by atoms with Crippen LogP contribution in [0, 0.1) is 5.82 Å². The Labute approximate surface area is 139 Å². The van der Waals surface area contributed by atoms with E-state index in [4.69, 9.17) is 0 Å². The molecule has 122 valence electrons. The molecule has 1 aliphatic rings. The van der Waals surface area contributed by atoms with Gasteiger partial charge >= 0.3 is 0 Å². The summed E-state index contributed by atoms with van der Waals surface area (Å²) in [6.45, 7) is 0.709. The molecule has 0 aliphatic carbocycles. The summed E-state index contributed by atoms with van der Waals surface area (Å²) in [7, 11) is 0. The van der Waals surface area contributed by atoms with Crippen LogP contribution in [0.2, 0.25) is 0 Å². The molecule has 1 aliphatic heterocycles. The zero-order valence-corrected chi connectivity index (χ0v) is 13.0. The maximum Gasteiger partial charge on any atom is 0.248 e. The zero-order chi connectivity index (χ0) is 16.9. The van der Waals surface area contributed by atoms with E-state index in [-0.39, 0.29) is 17.6 Å². The first-order chi connectivity index (χ1) is 11.6. The molecule has 0 aromatic heterocycles. The summed E-state index contributed by atoms with van der Waals surface area (Å²) in [5, 5.41) is 2.76. The van der Waals surface area contributed by atoms with Crippen LogP contribution >= 0.6 is 0 Å². The molecule has 1 saturated heterocycles. The van der Waals surface area contributed by atoms with Gasteiger partial charge in [0.2, 0.25) is 11.8 Å². The summed E-state index contributed by atoms with van der Waals surface area (Å²) >= 11 is 0. The molecule has 1 fully saturated rings. The molecule has 24 heavy (non-hydrogen) atoms. The number of hydrogen-bond donors (Lipinski definition) is 1. The lowest BCUT2D eigenvalue weighted by molar-refractivity contribution is -0.117. The highest BCUT2D eigenvalue weighted by molar-refractivity contribution is 6.02. The molecule has 3 rings (SSSR count). The lowest BCUT2D eigenvalue weighted by Gasteiger charge is -2.16. The van der Waals surface area contributed by atoms with E-state index in [0.29, 0.717) is 18.7 Å². The molecule has 5 heteroatoms. The standard InChI is InChI=1S/C19H17FN2O2/c20-15-9-6-14(7-10-15)8-11-18(23)21-16-3-1-4-17(13-16)22-12-2-5-19(22)24/h1,3-4,6-11,13H,2,5,12H2,(H,21,23)/b11-8+. The van der Waals surface area contributed by atoms with E-state index in [0.717, 1.165) is 17.7 Å². The van der Waals surface area contributed by atoms with E-state index in [1.807, 2.05) is 6.07 Å².